The first-order valence-electron chi connectivity index (χ1n) is 12.9. The Balaban J connectivity index is 1.52. The number of aromatic nitrogens is 2. The Hall–Kier alpha value is -5.08. The van der Waals surface area contributed by atoms with E-state index >= 15 is 0 Å². The Morgan fingerprint density at radius 2 is 0.868 bits per heavy atom. The van der Waals surface area contributed by atoms with Crippen LogP contribution < -0.4 is 0 Å². The lowest BCUT2D eigenvalue weighted by molar-refractivity contribution is 1.29. The fourth-order valence-electron chi connectivity index (χ4n) is 5.96. The van der Waals surface area contributed by atoms with Gasteiger partial charge in [-0.05, 0) is 50.7 Å². The zero-order valence-electron chi connectivity index (χ0n) is 20.6. The number of hydrogen-bond acceptors (Lipinski definition) is 2. The average Bonchev–Trinajstić information content (AvgIpc) is 3.33. The van der Waals surface area contributed by atoms with Crippen molar-refractivity contribution in [3.8, 4) is 55.9 Å². The maximum Gasteiger partial charge on any atom is 0.0979 e. The van der Waals surface area contributed by atoms with Crippen LogP contribution >= 0.6 is 0 Å². The number of hydrogen-bond donors (Lipinski definition) is 0. The van der Waals surface area contributed by atoms with Gasteiger partial charge < -0.3 is 0 Å². The summed E-state index contributed by atoms with van der Waals surface area (Å²) in [4.78, 5) is 10.4. The average molecular weight is 483 g/mol. The van der Waals surface area contributed by atoms with Crippen LogP contribution in [0.3, 0.4) is 0 Å². The van der Waals surface area contributed by atoms with E-state index in [0.717, 1.165) is 33.5 Å². The van der Waals surface area contributed by atoms with Crippen LogP contribution in [0.1, 0.15) is 0 Å². The summed E-state index contributed by atoms with van der Waals surface area (Å²) in [7, 11) is 0. The van der Waals surface area contributed by atoms with Crippen molar-refractivity contribution in [3.63, 3.8) is 0 Å². The second-order valence-corrected chi connectivity index (χ2v) is 9.76. The molecule has 0 bridgehead atoms. The molecule has 0 unspecified atom stereocenters. The molecule has 38 heavy (non-hydrogen) atoms. The molecule has 6 aromatic carbocycles. The molecule has 8 rings (SSSR count). The maximum atomic E-state index is 5.27. The Morgan fingerprint density at radius 3 is 1.53 bits per heavy atom. The van der Waals surface area contributed by atoms with Crippen molar-refractivity contribution in [2.45, 2.75) is 0 Å². The van der Waals surface area contributed by atoms with Gasteiger partial charge in [0.25, 0.3) is 0 Å². The molecule has 0 atom stereocenters. The van der Waals surface area contributed by atoms with Crippen molar-refractivity contribution in [3.05, 3.63) is 133 Å². The molecule has 2 nitrogen and oxygen atoms in total. The second-order valence-electron chi connectivity index (χ2n) is 9.76. The van der Waals surface area contributed by atoms with Crippen LogP contribution in [-0.2, 0) is 0 Å². The van der Waals surface area contributed by atoms with E-state index in [0.29, 0.717) is 0 Å². The third-order valence-corrected chi connectivity index (χ3v) is 7.61. The molecule has 1 aliphatic rings. The summed E-state index contributed by atoms with van der Waals surface area (Å²) in [6, 6.07) is 47.0. The van der Waals surface area contributed by atoms with Crippen LogP contribution in [0.5, 0.6) is 0 Å². The molecule has 1 heterocycles. The number of benzene rings is 6. The summed E-state index contributed by atoms with van der Waals surface area (Å²) in [5, 5.41) is 2.57. The number of rotatable bonds is 3. The lowest BCUT2D eigenvalue weighted by atomic mass is 9.88. The molecule has 1 aromatic heterocycles. The SMILES string of the molecule is c1ccc(-c2ccc(-c3nc4ccccc4nc3-c3ccccc3)c3c2-c2cccc4cccc-3c24)cc1. The van der Waals surface area contributed by atoms with Gasteiger partial charge in [0.05, 0.1) is 22.4 Å². The third-order valence-electron chi connectivity index (χ3n) is 7.61. The van der Waals surface area contributed by atoms with E-state index in [1.54, 1.807) is 0 Å². The molecular weight excluding hydrogens is 460 g/mol. The molecular formula is C36H22N2. The third kappa shape index (κ3) is 3.07. The Kier molecular flexibility index (Phi) is 4.55. The zero-order chi connectivity index (χ0) is 25.1. The van der Waals surface area contributed by atoms with Crippen molar-refractivity contribution < 1.29 is 0 Å². The van der Waals surface area contributed by atoms with Crippen LogP contribution in [0.2, 0.25) is 0 Å². The van der Waals surface area contributed by atoms with Gasteiger partial charge in [-0.3, -0.25) is 0 Å². The summed E-state index contributed by atoms with van der Waals surface area (Å²) >= 11 is 0. The first kappa shape index (κ1) is 21.0. The first-order valence-corrected chi connectivity index (χ1v) is 12.9. The lowest BCUT2D eigenvalue weighted by Gasteiger charge is -2.17. The monoisotopic (exact) mass is 482 g/mol. The van der Waals surface area contributed by atoms with Crippen LogP contribution in [0.15, 0.2) is 133 Å². The maximum absolute atomic E-state index is 5.27. The van der Waals surface area contributed by atoms with Crippen molar-refractivity contribution >= 4 is 21.8 Å². The normalized spacial score (nSPS) is 11.7. The van der Waals surface area contributed by atoms with Gasteiger partial charge in [-0.15, -0.1) is 0 Å². The van der Waals surface area contributed by atoms with Crippen molar-refractivity contribution in [2.24, 2.45) is 0 Å². The van der Waals surface area contributed by atoms with E-state index in [1.807, 2.05) is 24.3 Å². The minimum Gasteiger partial charge on any atom is -0.244 e. The van der Waals surface area contributed by atoms with E-state index < -0.39 is 0 Å². The zero-order valence-corrected chi connectivity index (χ0v) is 20.6. The Bertz CT molecular complexity index is 2000. The standard InChI is InChI=1S/C36H22N2/c1-3-11-23(12-4-1)26-21-22-29(34-28-18-10-16-24-15-9-17-27(32(24)28)33(26)34)36-35(25-13-5-2-6-14-25)37-30-19-7-8-20-31(30)38-36/h1-22H. The van der Waals surface area contributed by atoms with E-state index in [-0.39, 0.29) is 0 Å². The molecule has 176 valence electrons. The molecule has 0 saturated heterocycles. The molecule has 2 heteroatoms. The van der Waals surface area contributed by atoms with Gasteiger partial charge in [0.2, 0.25) is 0 Å². The Labute approximate surface area is 220 Å². The van der Waals surface area contributed by atoms with E-state index in [2.05, 4.69) is 109 Å². The predicted octanol–water partition coefficient (Wildman–Crippen LogP) is 9.43. The van der Waals surface area contributed by atoms with Crippen LogP contribution in [0, 0.1) is 0 Å². The summed E-state index contributed by atoms with van der Waals surface area (Å²) in [6.45, 7) is 0. The molecule has 1 aliphatic carbocycles. The van der Waals surface area contributed by atoms with Crippen molar-refractivity contribution in [2.75, 3.05) is 0 Å². The van der Waals surface area contributed by atoms with E-state index in [1.165, 1.54) is 44.2 Å². The molecule has 0 amide bonds. The van der Waals surface area contributed by atoms with Crippen molar-refractivity contribution in [1.82, 2.24) is 9.97 Å². The van der Waals surface area contributed by atoms with Gasteiger partial charge in [-0.1, -0.05) is 121 Å². The highest BCUT2D eigenvalue weighted by Crippen LogP contribution is 2.54. The predicted molar refractivity (Wildman–Crippen MR) is 158 cm³/mol. The molecule has 0 saturated carbocycles. The van der Waals surface area contributed by atoms with Crippen LogP contribution in [0.4, 0.5) is 0 Å². The topological polar surface area (TPSA) is 25.8 Å². The van der Waals surface area contributed by atoms with E-state index in [9.17, 15) is 0 Å². The fraction of sp³-hybridized carbons (Fsp3) is 0. The fourth-order valence-corrected chi connectivity index (χ4v) is 5.96. The molecule has 0 fully saturated rings. The molecule has 0 radical (unpaired) electrons. The molecule has 0 spiro atoms. The van der Waals surface area contributed by atoms with Gasteiger partial charge in [-0.2, -0.15) is 0 Å². The van der Waals surface area contributed by atoms with Gasteiger partial charge in [0.1, 0.15) is 0 Å². The quantitative estimate of drug-likeness (QED) is 0.251. The largest absolute Gasteiger partial charge is 0.244 e. The molecule has 7 aromatic rings. The summed E-state index contributed by atoms with van der Waals surface area (Å²) in [5.41, 5.74) is 13.3. The lowest BCUT2D eigenvalue weighted by Crippen LogP contribution is -1.98. The van der Waals surface area contributed by atoms with Crippen LogP contribution in [0.25, 0.3) is 77.7 Å². The summed E-state index contributed by atoms with van der Waals surface area (Å²) in [5.74, 6) is 0. The number of para-hydroxylation sites is 2. The highest BCUT2D eigenvalue weighted by Gasteiger charge is 2.29. The molecule has 0 aliphatic heterocycles. The van der Waals surface area contributed by atoms with Crippen LogP contribution in [-0.4, -0.2) is 9.97 Å². The van der Waals surface area contributed by atoms with Crippen molar-refractivity contribution in [1.29, 1.82) is 0 Å². The van der Waals surface area contributed by atoms with Gasteiger partial charge in [-0.25, -0.2) is 9.97 Å². The second kappa shape index (κ2) is 8.22. The Morgan fingerprint density at radius 1 is 0.342 bits per heavy atom. The number of fused-ring (bicyclic) bond motifs is 4. The minimum atomic E-state index is 0.900. The van der Waals surface area contributed by atoms with Gasteiger partial charge >= 0.3 is 0 Å². The highest BCUT2D eigenvalue weighted by molar-refractivity contribution is 6.21. The van der Waals surface area contributed by atoms with E-state index in [4.69, 9.17) is 9.97 Å². The van der Waals surface area contributed by atoms with Gasteiger partial charge in [0, 0.05) is 16.7 Å². The number of nitrogens with zero attached hydrogens (tertiary/aromatic N) is 2. The highest BCUT2D eigenvalue weighted by atomic mass is 14.8. The summed E-state index contributed by atoms with van der Waals surface area (Å²) < 4.78 is 0. The molecule has 0 N–H and O–H groups in total. The first-order chi connectivity index (χ1) is 18.9. The summed E-state index contributed by atoms with van der Waals surface area (Å²) in [6.07, 6.45) is 0. The smallest absolute Gasteiger partial charge is 0.0979 e. The minimum absolute atomic E-state index is 0.900. The van der Waals surface area contributed by atoms with Gasteiger partial charge in [0.15, 0.2) is 0 Å².